The molecule has 0 fully saturated rings. The van der Waals surface area contributed by atoms with Crippen LogP contribution in [0.4, 0.5) is 14.6 Å². The van der Waals surface area contributed by atoms with Crippen LogP contribution in [0.5, 0.6) is 0 Å². The van der Waals surface area contributed by atoms with E-state index in [1.807, 2.05) is 6.92 Å². The van der Waals surface area contributed by atoms with Crippen molar-refractivity contribution in [1.29, 1.82) is 0 Å². The van der Waals surface area contributed by atoms with E-state index in [0.29, 0.717) is 11.1 Å². The summed E-state index contributed by atoms with van der Waals surface area (Å²) in [4.78, 5) is 3.97. The van der Waals surface area contributed by atoms with E-state index >= 15 is 0 Å². The molecule has 1 heterocycles. The number of hydrogen-bond donors (Lipinski definition) is 2. The minimum Gasteiger partial charge on any atom is -0.384 e. The van der Waals surface area contributed by atoms with Crippen molar-refractivity contribution in [1.82, 2.24) is 4.98 Å². The second kappa shape index (κ2) is 5.32. The number of pyridine rings is 1. The van der Waals surface area contributed by atoms with E-state index in [-0.39, 0.29) is 11.4 Å². The lowest BCUT2D eigenvalue weighted by atomic mass is 10.00. The van der Waals surface area contributed by atoms with Gasteiger partial charge in [0.2, 0.25) is 0 Å². The number of nitrogen functional groups attached to an aromatic ring is 1. The Morgan fingerprint density at radius 2 is 1.74 bits per heavy atom. The van der Waals surface area contributed by atoms with Crippen molar-refractivity contribution in [2.24, 2.45) is 0 Å². The summed E-state index contributed by atoms with van der Waals surface area (Å²) in [5, 5.41) is 10.2. The molecule has 0 amide bonds. The molecule has 1 atom stereocenters. The molecule has 5 heteroatoms. The van der Waals surface area contributed by atoms with Gasteiger partial charge in [0.1, 0.15) is 11.9 Å². The summed E-state index contributed by atoms with van der Waals surface area (Å²) in [5.41, 5.74) is 7.49. The van der Waals surface area contributed by atoms with Crippen LogP contribution in [0.2, 0.25) is 0 Å². The van der Waals surface area contributed by atoms with Crippen molar-refractivity contribution in [2.75, 3.05) is 5.73 Å². The Hall–Kier alpha value is -2.01. The summed E-state index contributed by atoms with van der Waals surface area (Å²) in [5.74, 6) is 0.232. The van der Waals surface area contributed by atoms with E-state index < -0.39 is 12.5 Å². The maximum Gasteiger partial charge on any atom is 0.263 e. The third-order valence-electron chi connectivity index (χ3n) is 2.88. The highest BCUT2D eigenvalue weighted by Gasteiger charge is 2.15. The average Bonchev–Trinajstić information content (AvgIpc) is 2.41. The SMILES string of the molecule is Cc1cnc(N)c(C(O)c2ccc(C(F)F)cc2)c1. The minimum atomic E-state index is -2.52. The van der Waals surface area contributed by atoms with Gasteiger partial charge in [0.25, 0.3) is 6.43 Å². The number of benzene rings is 1. The third kappa shape index (κ3) is 2.88. The van der Waals surface area contributed by atoms with Crippen LogP contribution in [0.3, 0.4) is 0 Å². The van der Waals surface area contributed by atoms with Gasteiger partial charge in [-0.05, 0) is 24.1 Å². The molecule has 19 heavy (non-hydrogen) atoms. The molecule has 0 spiro atoms. The van der Waals surface area contributed by atoms with E-state index in [1.165, 1.54) is 24.3 Å². The lowest BCUT2D eigenvalue weighted by Gasteiger charge is -2.14. The van der Waals surface area contributed by atoms with Crippen LogP contribution in [-0.2, 0) is 0 Å². The van der Waals surface area contributed by atoms with Gasteiger partial charge in [-0.25, -0.2) is 13.8 Å². The summed E-state index contributed by atoms with van der Waals surface area (Å²) in [6.07, 6.45) is -1.89. The zero-order valence-corrected chi connectivity index (χ0v) is 10.3. The number of anilines is 1. The Labute approximate surface area is 109 Å². The number of aryl methyl sites for hydroxylation is 1. The van der Waals surface area contributed by atoms with Gasteiger partial charge < -0.3 is 10.8 Å². The Balaban J connectivity index is 2.33. The topological polar surface area (TPSA) is 59.1 Å². The fourth-order valence-corrected chi connectivity index (χ4v) is 1.82. The number of aliphatic hydroxyl groups is 1. The molecule has 0 aliphatic heterocycles. The summed E-state index contributed by atoms with van der Waals surface area (Å²) in [7, 11) is 0. The van der Waals surface area contributed by atoms with Gasteiger partial charge in [-0.15, -0.1) is 0 Å². The van der Waals surface area contributed by atoms with Gasteiger partial charge in [-0.1, -0.05) is 24.3 Å². The molecule has 1 aromatic carbocycles. The maximum absolute atomic E-state index is 12.4. The first-order valence-corrected chi connectivity index (χ1v) is 5.77. The average molecular weight is 264 g/mol. The molecule has 2 aromatic rings. The Kier molecular flexibility index (Phi) is 3.76. The largest absolute Gasteiger partial charge is 0.384 e. The van der Waals surface area contributed by atoms with E-state index in [2.05, 4.69) is 4.98 Å². The zero-order chi connectivity index (χ0) is 14.0. The highest BCUT2D eigenvalue weighted by molar-refractivity contribution is 5.46. The summed E-state index contributed by atoms with van der Waals surface area (Å²) in [6.45, 7) is 1.84. The molecule has 100 valence electrons. The molecule has 3 nitrogen and oxygen atoms in total. The summed E-state index contributed by atoms with van der Waals surface area (Å²) in [6, 6.07) is 7.25. The molecule has 2 rings (SSSR count). The fraction of sp³-hybridized carbons (Fsp3) is 0.214. The first-order valence-electron chi connectivity index (χ1n) is 5.77. The van der Waals surface area contributed by atoms with Crippen LogP contribution in [0.15, 0.2) is 36.5 Å². The number of aliphatic hydroxyl groups excluding tert-OH is 1. The van der Waals surface area contributed by atoms with Crippen LogP contribution in [0, 0.1) is 6.92 Å². The first kappa shape index (κ1) is 13.4. The van der Waals surface area contributed by atoms with E-state index in [1.54, 1.807) is 12.3 Å². The molecule has 0 aliphatic rings. The number of nitrogens with two attached hydrogens (primary N) is 1. The van der Waals surface area contributed by atoms with Gasteiger partial charge in [-0.2, -0.15) is 0 Å². The molecular weight excluding hydrogens is 250 g/mol. The van der Waals surface area contributed by atoms with Crippen molar-refractivity contribution >= 4 is 5.82 Å². The molecule has 3 N–H and O–H groups in total. The standard InChI is InChI=1S/C14H14F2N2O/c1-8-6-11(14(17)18-7-8)12(19)9-2-4-10(5-3-9)13(15)16/h2-7,12-13,19H,1H3,(H2,17,18). The lowest BCUT2D eigenvalue weighted by molar-refractivity contribution is 0.151. The van der Waals surface area contributed by atoms with Gasteiger partial charge in [0, 0.05) is 17.3 Å². The second-order valence-corrected chi connectivity index (χ2v) is 4.36. The minimum absolute atomic E-state index is 0.0775. The molecule has 0 aliphatic carbocycles. The number of hydrogen-bond acceptors (Lipinski definition) is 3. The van der Waals surface area contributed by atoms with Crippen LogP contribution >= 0.6 is 0 Å². The first-order chi connectivity index (χ1) is 8.99. The van der Waals surface area contributed by atoms with Crippen LogP contribution in [0.25, 0.3) is 0 Å². The Morgan fingerprint density at radius 3 is 2.32 bits per heavy atom. The quantitative estimate of drug-likeness (QED) is 0.896. The zero-order valence-electron chi connectivity index (χ0n) is 10.3. The Bertz CT molecular complexity index is 570. The molecule has 1 aromatic heterocycles. The predicted molar refractivity (Wildman–Crippen MR) is 68.8 cm³/mol. The molecule has 0 bridgehead atoms. The highest BCUT2D eigenvalue weighted by atomic mass is 19.3. The normalized spacial score (nSPS) is 12.7. The van der Waals surface area contributed by atoms with Crippen molar-refractivity contribution < 1.29 is 13.9 Å². The summed E-state index contributed by atoms with van der Waals surface area (Å²) < 4.78 is 24.9. The third-order valence-corrected chi connectivity index (χ3v) is 2.88. The van der Waals surface area contributed by atoms with Gasteiger partial charge in [0.05, 0.1) is 0 Å². The molecule has 0 saturated carbocycles. The van der Waals surface area contributed by atoms with Crippen LogP contribution in [0.1, 0.15) is 34.8 Å². The number of rotatable bonds is 3. The van der Waals surface area contributed by atoms with Gasteiger partial charge in [0.15, 0.2) is 0 Å². The Morgan fingerprint density at radius 1 is 1.16 bits per heavy atom. The highest BCUT2D eigenvalue weighted by Crippen LogP contribution is 2.28. The molecule has 0 radical (unpaired) electrons. The number of nitrogens with zero attached hydrogens (tertiary/aromatic N) is 1. The number of halogens is 2. The predicted octanol–water partition coefficient (Wildman–Crippen LogP) is 2.99. The monoisotopic (exact) mass is 264 g/mol. The van der Waals surface area contributed by atoms with Crippen molar-refractivity contribution in [3.05, 3.63) is 58.8 Å². The van der Waals surface area contributed by atoms with E-state index in [9.17, 15) is 13.9 Å². The fourth-order valence-electron chi connectivity index (χ4n) is 1.82. The number of alkyl halides is 2. The van der Waals surface area contributed by atoms with E-state index in [4.69, 9.17) is 5.73 Å². The molecule has 1 unspecified atom stereocenters. The maximum atomic E-state index is 12.4. The van der Waals surface area contributed by atoms with Crippen molar-refractivity contribution in [2.45, 2.75) is 19.5 Å². The van der Waals surface area contributed by atoms with Crippen molar-refractivity contribution in [3.63, 3.8) is 0 Å². The molecular formula is C14H14F2N2O. The second-order valence-electron chi connectivity index (χ2n) is 4.36. The summed E-state index contributed by atoms with van der Waals surface area (Å²) >= 11 is 0. The van der Waals surface area contributed by atoms with Gasteiger partial charge >= 0.3 is 0 Å². The lowest BCUT2D eigenvalue weighted by Crippen LogP contribution is -2.06. The van der Waals surface area contributed by atoms with Gasteiger partial charge in [-0.3, -0.25) is 0 Å². The van der Waals surface area contributed by atoms with Crippen LogP contribution < -0.4 is 5.73 Å². The smallest absolute Gasteiger partial charge is 0.263 e. The van der Waals surface area contributed by atoms with E-state index in [0.717, 1.165) is 5.56 Å². The molecule has 0 saturated heterocycles. The van der Waals surface area contributed by atoms with Crippen molar-refractivity contribution in [3.8, 4) is 0 Å². The number of aromatic nitrogens is 1. The van der Waals surface area contributed by atoms with Crippen LogP contribution in [-0.4, -0.2) is 10.1 Å².